The van der Waals surface area contributed by atoms with Gasteiger partial charge in [0.25, 0.3) is 0 Å². The number of anilines is 2. The molecule has 0 N–H and O–H groups in total. The summed E-state index contributed by atoms with van der Waals surface area (Å²) in [5, 5.41) is 4.49. The van der Waals surface area contributed by atoms with Crippen LogP contribution in [-0.2, 0) is 11.8 Å². The van der Waals surface area contributed by atoms with Gasteiger partial charge in [-0.05, 0) is 6.92 Å². The summed E-state index contributed by atoms with van der Waals surface area (Å²) < 4.78 is 1.68. The van der Waals surface area contributed by atoms with Crippen molar-refractivity contribution in [1.29, 1.82) is 0 Å². The van der Waals surface area contributed by atoms with Gasteiger partial charge in [-0.25, -0.2) is 9.97 Å². The molecule has 7 nitrogen and oxygen atoms in total. The predicted molar refractivity (Wildman–Crippen MR) is 79.6 cm³/mol. The van der Waals surface area contributed by atoms with Crippen molar-refractivity contribution < 1.29 is 4.79 Å². The van der Waals surface area contributed by atoms with Crippen molar-refractivity contribution in [2.45, 2.75) is 6.92 Å². The summed E-state index contributed by atoms with van der Waals surface area (Å²) >= 11 is 5.95. The lowest BCUT2D eigenvalue weighted by atomic mass is 10.3. The number of carbonyl (C=O) groups is 1. The highest BCUT2D eigenvalue weighted by Gasteiger charge is 2.26. The Labute approximate surface area is 127 Å². The van der Waals surface area contributed by atoms with Crippen molar-refractivity contribution in [3.63, 3.8) is 0 Å². The highest BCUT2D eigenvalue weighted by atomic mass is 35.5. The molecule has 110 valence electrons. The number of hydrogen-bond donors (Lipinski definition) is 0. The van der Waals surface area contributed by atoms with Crippen LogP contribution in [0.1, 0.15) is 5.82 Å². The second-order valence-corrected chi connectivity index (χ2v) is 5.32. The fourth-order valence-electron chi connectivity index (χ4n) is 2.37. The first kappa shape index (κ1) is 13.8. The van der Waals surface area contributed by atoms with Crippen LogP contribution in [0.3, 0.4) is 0 Å². The predicted octanol–water partition coefficient (Wildman–Crippen LogP) is 1.03. The number of aromatic nitrogens is 4. The van der Waals surface area contributed by atoms with Gasteiger partial charge in [0.05, 0.1) is 18.4 Å². The van der Waals surface area contributed by atoms with E-state index < -0.39 is 0 Å². The molecule has 1 aliphatic heterocycles. The number of halogens is 1. The number of rotatable bonds is 2. The van der Waals surface area contributed by atoms with Crippen LogP contribution < -0.4 is 9.80 Å². The van der Waals surface area contributed by atoms with Crippen LogP contribution >= 0.6 is 11.6 Å². The number of piperazine rings is 1. The van der Waals surface area contributed by atoms with Gasteiger partial charge in [0.1, 0.15) is 16.8 Å². The number of hydrogen-bond acceptors (Lipinski definition) is 5. The highest BCUT2D eigenvalue weighted by molar-refractivity contribution is 6.29. The highest BCUT2D eigenvalue weighted by Crippen LogP contribution is 2.21. The van der Waals surface area contributed by atoms with Gasteiger partial charge in [-0.1, -0.05) is 11.6 Å². The molecule has 0 aliphatic carbocycles. The van der Waals surface area contributed by atoms with Crippen LogP contribution in [0.15, 0.2) is 18.5 Å². The molecule has 21 heavy (non-hydrogen) atoms. The molecule has 3 heterocycles. The number of aryl methyl sites for hydroxylation is 2. The van der Waals surface area contributed by atoms with Gasteiger partial charge in [0.2, 0.25) is 5.91 Å². The number of nitrogens with zero attached hydrogens (tertiary/aromatic N) is 6. The molecule has 1 aliphatic rings. The minimum atomic E-state index is 0.0154. The van der Waals surface area contributed by atoms with Crippen molar-refractivity contribution in [3.8, 4) is 0 Å². The maximum atomic E-state index is 12.3. The van der Waals surface area contributed by atoms with E-state index in [1.165, 1.54) is 0 Å². The third-order valence-corrected chi connectivity index (χ3v) is 3.53. The van der Waals surface area contributed by atoms with Crippen LogP contribution in [0.25, 0.3) is 0 Å². The minimum Gasteiger partial charge on any atom is -0.345 e. The maximum Gasteiger partial charge on any atom is 0.246 e. The Kier molecular flexibility index (Phi) is 3.50. The van der Waals surface area contributed by atoms with Crippen molar-refractivity contribution in [1.82, 2.24) is 19.7 Å². The van der Waals surface area contributed by atoms with Gasteiger partial charge in [-0.2, -0.15) is 5.10 Å². The molecular formula is C13H15ClN6O. The second kappa shape index (κ2) is 5.33. The Morgan fingerprint density at radius 1 is 1.29 bits per heavy atom. The lowest BCUT2D eigenvalue weighted by Gasteiger charge is -2.34. The van der Waals surface area contributed by atoms with Crippen molar-refractivity contribution in [2.24, 2.45) is 7.05 Å². The zero-order valence-corrected chi connectivity index (χ0v) is 12.6. The molecule has 0 saturated carbocycles. The molecule has 1 saturated heterocycles. The first-order valence-corrected chi connectivity index (χ1v) is 6.96. The van der Waals surface area contributed by atoms with E-state index in [2.05, 4.69) is 15.1 Å². The first-order valence-electron chi connectivity index (χ1n) is 6.58. The lowest BCUT2D eigenvalue weighted by molar-refractivity contribution is -0.117. The first-order chi connectivity index (χ1) is 10.0. The molecule has 0 unspecified atom stereocenters. The van der Waals surface area contributed by atoms with Crippen LogP contribution in [0.5, 0.6) is 0 Å². The Bertz CT molecular complexity index is 665. The molecule has 2 aromatic heterocycles. The van der Waals surface area contributed by atoms with E-state index in [0.717, 1.165) is 5.69 Å². The monoisotopic (exact) mass is 306 g/mol. The molecule has 0 aromatic carbocycles. The average molecular weight is 307 g/mol. The number of carbonyl (C=O) groups excluding carboxylic acids is 1. The Morgan fingerprint density at radius 3 is 2.71 bits per heavy atom. The second-order valence-electron chi connectivity index (χ2n) is 4.94. The standard InChI is InChI=1S/C13H15ClN6O/c1-9-16-11(14)5-12(17-9)19-3-4-20(13(21)8-19)10-6-15-18(2)7-10/h5-7H,3-4,8H2,1-2H3. The zero-order chi connectivity index (χ0) is 15.0. The third-order valence-electron chi connectivity index (χ3n) is 3.34. The van der Waals surface area contributed by atoms with E-state index >= 15 is 0 Å². The van der Waals surface area contributed by atoms with Crippen LogP contribution in [0.4, 0.5) is 11.5 Å². The Morgan fingerprint density at radius 2 is 2.10 bits per heavy atom. The van der Waals surface area contributed by atoms with Crippen LogP contribution in [-0.4, -0.2) is 45.3 Å². The molecule has 0 radical (unpaired) electrons. The van der Waals surface area contributed by atoms with E-state index in [-0.39, 0.29) is 12.5 Å². The normalized spacial score (nSPS) is 15.7. The topological polar surface area (TPSA) is 67.2 Å². The molecule has 0 bridgehead atoms. The van der Waals surface area contributed by atoms with Crippen molar-refractivity contribution >= 4 is 29.0 Å². The van der Waals surface area contributed by atoms with Gasteiger partial charge in [-0.15, -0.1) is 0 Å². The third kappa shape index (κ3) is 2.82. The molecule has 0 spiro atoms. The summed E-state index contributed by atoms with van der Waals surface area (Å²) in [4.78, 5) is 24.3. The molecule has 8 heteroatoms. The van der Waals surface area contributed by atoms with E-state index in [1.54, 1.807) is 28.8 Å². The molecule has 0 atom stereocenters. The fourth-order valence-corrected chi connectivity index (χ4v) is 2.59. The number of amides is 1. The zero-order valence-electron chi connectivity index (χ0n) is 11.8. The summed E-state index contributed by atoms with van der Waals surface area (Å²) in [7, 11) is 1.83. The van der Waals surface area contributed by atoms with Crippen LogP contribution in [0.2, 0.25) is 5.15 Å². The average Bonchev–Trinajstić information content (AvgIpc) is 2.84. The van der Waals surface area contributed by atoms with Gasteiger partial charge in [0, 0.05) is 32.4 Å². The van der Waals surface area contributed by atoms with Crippen molar-refractivity contribution in [3.05, 3.63) is 29.4 Å². The minimum absolute atomic E-state index is 0.0154. The Hall–Kier alpha value is -2.15. The summed E-state index contributed by atoms with van der Waals surface area (Å²) in [6, 6.07) is 1.68. The smallest absolute Gasteiger partial charge is 0.246 e. The summed E-state index contributed by atoms with van der Waals surface area (Å²) in [5.41, 5.74) is 0.819. The largest absolute Gasteiger partial charge is 0.345 e. The van der Waals surface area contributed by atoms with Gasteiger partial charge in [0.15, 0.2) is 0 Å². The van der Waals surface area contributed by atoms with E-state index in [4.69, 9.17) is 11.6 Å². The van der Waals surface area contributed by atoms with Gasteiger partial charge in [-0.3, -0.25) is 9.48 Å². The molecule has 3 rings (SSSR count). The fraction of sp³-hybridized carbons (Fsp3) is 0.385. The summed E-state index contributed by atoms with van der Waals surface area (Å²) in [6.07, 6.45) is 3.53. The van der Waals surface area contributed by atoms with E-state index in [0.29, 0.717) is 29.9 Å². The van der Waals surface area contributed by atoms with Gasteiger partial charge >= 0.3 is 0 Å². The molecule has 1 fully saturated rings. The SMILES string of the molecule is Cc1nc(Cl)cc(N2CCN(c3cnn(C)c3)C(=O)C2)n1. The van der Waals surface area contributed by atoms with Crippen molar-refractivity contribution in [2.75, 3.05) is 29.4 Å². The summed E-state index contributed by atoms with van der Waals surface area (Å²) in [6.45, 7) is 3.32. The quantitative estimate of drug-likeness (QED) is 0.775. The van der Waals surface area contributed by atoms with Crippen LogP contribution in [0, 0.1) is 6.92 Å². The lowest BCUT2D eigenvalue weighted by Crippen LogP contribution is -2.50. The molecule has 2 aromatic rings. The molecule has 1 amide bonds. The van der Waals surface area contributed by atoms with E-state index in [9.17, 15) is 4.79 Å². The maximum absolute atomic E-state index is 12.3. The summed E-state index contributed by atoms with van der Waals surface area (Å²) in [5.74, 6) is 1.30. The van der Waals surface area contributed by atoms with E-state index in [1.807, 2.05) is 18.1 Å². The molecular weight excluding hydrogens is 292 g/mol. The van der Waals surface area contributed by atoms with Gasteiger partial charge < -0.3 is 9.80 Å². The Balaban J connectivity index is 1.77.